The van der Waals surface area contributed by atoms with Crippen molar-refractivity contribution < 1.29 is 24.0 Å². The Morgan fingerprint density at radius 2 is 1.87 bits per heavy atom. The normalized spacial score (nSPS) is 16.7. The predicted molar refractivity (Wildman–Crippen MR) is 118 cm³/mol. The molecule has 1 atom stereocenters. The largest absolute Gasteiger partial charge is 0.868 e. The Morgan fingerprint density at radius 1 is 1.16 bits per heavy atom. The molecule has 6 nitrogen and oxygen atoms in total. The fraction of sp³-hybridized carbons (Fsp3) is 0.250. The molecule has 1 aliphatic heterocycles. The number of carbonyl (C=O) groups is 2. The zero-order valence-corrected chi connectivity index (χ0v) is 18.9. The van der Waals surface area contributed by atoms with Crippen molar-refractivity contribution in [2.75, 3.05) is 27.2 Å². The molecule has 0 saturated carbocycles. The summed E-state index contributed by atoms with van der Waals surface area (Å²) in [5.41, 5.74) is 1.23. The summed E-state index contributed by atoms with van der Waals surface area (Å²) in [4.78, 5) is 29.1. The van der Waals surface area contributed by atoms with E-state index in [0.29, 0.717) is 12.1 Å². The number of para-hydroxylation sites is 1. The van der Waals surface area contributed by atoms with Crippen LogP contribution < -0.4 is 10.0 Å². The highest BCUT2D eigenvalue weighted by molar-refractivity contribution is 9.10. The molecular weight excluding hydrogens is 460 g/mol. The topological polar surface area (TPSA) is 78.0 Å². The molecule has 31 heavy (non-hydrogen) atoms. The Kier molecular flexibility index (Phi) is 5.98. The number of halogens is 1. The van der Waals surface area contributed by atoms with Crippen molar-refractivity contribution in [3.63, 3.8) is 0 Å². The zero-order valence-electron chi connectivity index (χ0n) is 17.4. The Labute approximate surface area is 188 Å². The summed E-state index contributed by atoms with van der Waals surface area (Å²) in [7, 11) is 4.07. The van der Waals surface area contributed by atoms with Gasteiger partial charge in [-0.3, -0.25) is 9.59 Å². The fourth-order valence-electron chi connectivity index (χ4n) is 3.92. The van der Waals surface area contributed by atoms with Gasteiger partial charge in [0.15, 0.2) is 5.76 Å². The maximum Gasteiger partial charge on any atom is 0.239 e. The molecule has 0 saturated heterocycles. The van der Waals surface area contributed by atoms with Gasteiger partial charge in [0.25, 0.3) is 0 Å². The number of Topliss-reactive ketones (excluding diaryl/α,β-unsaturated/α-hetero) is 1. The Morgan fingerprint density at radius 3 is 2.55 bits per heavy atom. The Hall–Kier alpha value is -2.90. The molecule has 2 aromatic carbocycles. The summed E-state index contributed by atoms with van der Waals surface area (Å²) >= 11 is 3.41. The van der Waals surface area contributed by atoms with E-state index in [9.17, 15) is 14.7 Å². The minimum absolute atomic E-state index is 0.0522. The van der Waals surface area contributed by atoms with Crippen LogP contribution in [0.1, 0.15) is 28.6 Å². The molecule has 0 radical (unpaired) electrons. The van der Waals surface area contributed by atoms with Crippen molar-refractivity contribution in [1.29, 1.82) is 0 Å². The third-order valence-corrected chi connectivity index (χ3v) is 5.97. The SMILES string of the molecule is C[NH+](C)CCCN1C(=O)C([O-])=C(C(=O)c2cc3ccccc3o2)C1c1ccc(Br)cc1. The number of quaternary nitrogens is 1. The van der Waals surface area contributed by atoms with Crippen LogP contribution in [0.4, 0.5) is 0 Å². The van der Waals surface area contributed by atoms with Gasteiger partial charge in [-0.1, -0.05) is 46.3 Å². The molecule has 7 heteroatoms. The number of hydrogen-bond donors (Lipinski definition) is 1. The highest BCUT2D eigenvalue weighted by Crippen LogP contribution is 2.39. The van der Waals surface area contributed by atoms with Crippen LogP contribution in [0.5, 0.6) is 0 Å². The number of ketones is 1. The van der Waals surface area contributed by atoms with Gasteiger partial charge in [-0.25, -0.2) is 0 Å². The summed E-state index contributed by atoms with van der Waals surface area (Å²) in [6, 6.07) is 15.5. The van der Waals surface area contributed by atoms with E-state index >= 15 is 0 Å². The number of rotatable bonds is 7. The molecule has 1 N–H and O–H groups in total. The van der Waals surface area contributed by atoms with Crippen molar-refractivity contribution in [2.24, 2.45) is 0 Å². The lowest BCUT2D eigenvalue weighted by atomic mass is 9.95. The number of benzene rings is 2. The number of carbonyl (C=O) groups excluding carboxylic acids is 2. The lowest BCUT2D eigenvalue weighted by Crippen LogP contribution is -3.05. The van der Waals surface area contributed by atoms with Crippen LogP contribution in [0.25, 0.3) is 11.0 Å². The molecule has 0 spiro atoms. The molecule has 1 amide bonds. The van der Waals surface area contributed by atoms with Crippen molar-refractivity contribution in [3.8, 4) is 0 Å². The first-order valence-electron chi connectivity index (χ1n) is 10.2. The molecule has 1 unspecified atom stereocenters. The third-order valence-electron chi connectivity index (χ3n) is 5.44. The molecule has 2 heterocycles. The van der Waals surface area contributed by atoms with Gasteiger partial charge in [-0.15, -0.1) is 0 Å². The van der Waals surface area contributed by atoms with Gasteiger partial charge in [-0.2, -0.15) is 0 Å². The predicted octanol–water partition coefficient (Wildman–Crippen LogP) is 2.11. The quantitative estimate of drug-likeness (QED) is 0.523. The lowest BCUT2D eigenvalue weighted by molar-refractivity contribution is -0.858. The molecule has 160 valence electrons. The number of nitrogens with one attached hydrogen (secondary N) is 1. The lowest BCUT2D eigenvalue weighted by Gasteiger charge is -2.27. The second-order valence-electron chi connectivity index (χ2n) is 7.98. The first-order valence-corrected chi connectivity index (χ1v) is 11.0. The van der Waals surface area contributed by atoms with E-state index in [1.54, 1.807) is 12.1 Å². The molecule has 4 rings (SSSR count). The maximum absolute atomic E-state index is 13.4. The Balaban J connectivity index is 1.74. The monoisotopic (exact) mass is 482 g/mol. The summed E-state index contributed by atoms with van der Waals surface area (Å²) in [5.74, 6) is -1.86. The van der Waals surface area contributed by atoms with Crippen LogP contribution in [0, 0.1) is 0 Å². The van der Waals surface area contributed by atoms with Gasteiger partial charge >= 0.3 is 0 Å². The van der Waals surface area contributed by atoms with Crippen molar-refractivity contribution in [2.45, 2.75) is 12.5 Å². The summed E-state index contributed by atoms with van der Waals surface area (Å²) < 4.78 is 6.59. The second kappa shape index (κ2) is 8.69. The van der Waals surface area contributed by atoms with E-state index < -0.39 is 23.5 Å². The average Bonchev–Trinajstić information content (AvgIpc) is 3.28. The standard InChI is InChI=1S/C24H23BrN2O4/c1-26(2)12-5-13-27-21(15-8-10-17(25)11-9-15)20(23(29)24(27)30)22(28)19-14-16-6-3-4-7-18(16)31-19/h3-4,6-11,14,21,29H,5,12-13H2,1-2H3. The van der Waals surface area contributed by atoms with E-state index in [4.69, 9.17) is 4.42 Å². The van der Waals surface area contributed by atoms with Gasteiger partial charge in [0.05, 0.1) is 26.7 Å². The van der Waals surface area contributed by atoms with Crippen LogP contribution >= 0.6 is 15.9 Å². The highest BCUT2D eigenvalue weighted by atomic mass is 79.9. The number of amides is 1. The van der Waals surface area contributed by atoms with Gasteiger partial charge in [0.1, 0.15) is 5.58 Å². The smallest absolute Gasteiger partial charge is 0.239 e. The molecule has 3 aromatic rings. The molecular formula is C24H23BrN2O4. The van der Waals surface area contributed by atoms with E-state index in [0.717, 1.165) is 28.4 Å². The second-order valence-corrected chi connectivity index (χ2v) is 8.90. The van der Waals surface area contributed by atoms with Gasteiger partial charge < -0.3 is 19.3 Å². The number of fused-ring (bicyclic) bond motifs is 1. The maximum atomic E-state index is 13.4. The van der Waals surface area contributed by atoms with Crippen LogP contribution in [0.2, 0.25) is 0 Å². The van der Waals surface area contributed by atoms with Gasteiger partial charge in [-0.05, 0) is 35.6 Å². The average molecular weight is 483 g/mol. The molecule has 0 aliphatic carbocycles. The van der Waals surface area contributed by atoms with Gasteiger partial charge in [0.2, 0.25) is 11.7 Å². The Bertz CT molecular complexity index is 1130. The number of furan rings is 1. The van der Waals surface area contributed by atoms with Crippen LogP contribution in [0.3, 0.4) is 0 Å². The third kappa shape index (κ3) is 4.16. The first kappa shape index (κ1) is 21.3. The van der Waals surface area contributed by atoms with Crippen molar-refractivity contribution >= 4 is 38.6 Å². The summed E-state index contributed by atoms with van der Waals surface area (Å²) in [5, 5.41) is 13.8. The first-order chi connectivity index (χ1) is 14.9. The zero-order chi connectivity index (χ0) is 22.1. The minimum Gasteiger partial charge on any atom is -0.868 e. The molecule has 1 aromatic heterocycles. The van der Waals surface area contributed by atoms with Gasteiger partial charge in [0, 0.05) is 28.4 Å². The number of nitrogens with zero attached hydrogens (tertiary/aromatic N) is 1. The van der Waals surface area contributed by atoms with Crippen LogP contribution in [-0.4, -0.2) is 43.8 Å². The van der Waals surface area contributed by atoms with E-state index in [1.807, 2.05) is 56.6 Å². The number of hydrogen-bond acceptors (Lipinski definition) is 4. The fourth-order valence-corrected chi connectivity index (χ4v) is 4.19. The minimum atomic E-state index is -0.754. The molecule has 0 bridgehead atoms. The summed E-state index contributed by atoms with van der Waals surface area (Å²) in [6.07, 6.45) is 0.723. The highest BCUT2D eigenvalue weighted by Gasteiger charge is 2.40. The van der Waals surface area contributed by atoms with Crippen LogP contribution in [-0.2, 0) is 4.79 Å². The van der Waals surface area contributed by atoms with Crippen molar-refractivity contribution in [1.82, 2.24) is 4.90 Å². The van der Waals surface area contributed by atoms with E-state index in [1.165, 1.54) is 9.80 Å². The van der Waals surface area contributed by atoms with E-state index in [-0.39, 0.29) is 11.3 Å². The molecule has 0 fully saturated rings. The van der Waals surface area contributed by atoms with E-state index in [2.05, 4.69) is 15.9 Å². The summed E-state index contributed by atoms with van der Waals surface area (Å²) in [6.45, 7) is 1.24. The van der Waals surface area contributed by atoms with Crippen molar-refractivity contribution in [3.05, 3.63) is 81.7 Å². The molecule has 1 aliphatic rings. The van der Waals surface area contributed by atoms with Crippen LogP contribution in [0.15, 0.2) is 74.8 Å².